The van der Waals surface area contributed by atoms with Crippen molar-refractivity contribution in [2.24, 2.45) is 5.10 Å². The van der Waals surface area contributed by atoms with Crippen molar-refractivity contribution >= 4 is 23.2 Å². The minimum absolute atomic E-state index is 0.0654. The average Bonchev–Trinajstić information content (AvgIpc) is 2.84. The van der Waals surface area contributed by atoms with Crippen LogP contribution in [-0.2, 0) is 5.72 Å². The molecule has 2 aromatic rings. The number of hydrogen-bond donors (Lipinski definition) is 2. The molecule has 23 heavy (non-hydrogen) atoms. The second-order valence-corrected chi connectivity index (χ2v) is 5.94. The van der Waals surface area contributed by atoms with Gasteiger partial charge >= 0.3 is 0 Å². The predicted molar refractivity (Wildman–Crippen MR) is 87.4 cm³/mol. The molecule has 2 aromatic carbocycles. The molecule has 1 heterocycles. The number of aromatic hydroxyl groups is 1. The van der Waals surface area contributed by atoms with Crippen LogP contribution in [0.1, 0.15) is 29.3 Å². The van der Waals surface area contributed by atoms with Crippen molar-refractivity contribution in [2.75, 3.05) is 0 Å². The number of phenols is 1. The van der Waals surface area contributed by atoms with Crippen molar-refractivity contribution in [1.82, 2.24) is 5.01 Å². The molecule has 2 N–H and O–H groups in total. The van der Waals surface area contributed by atoms with E-state index < -0.39 is 11.6 Å². The van der Waals surface area contributed by atoms with E-state index in [0.29, 0.717) is 21.9 Å². The maximum Gasteiger partial charge on any atom is 0.276 e. The summed E-state index contributed by atoms with van der Waals surface area (Å²) in [5.41, 5.74) is -0.0400. The third-order valence-electron chi connectivity index (χ3n) is 3.74. The van der Waals surface area contributed by atoms with E-state index in [9.17, 15) is 15.0 Å². The van der Waals surface area contributed by atoms with Gasteiger partial charge in [-0.25, -0.2) is 0 Å². The molecule has 0 bridgehead atoms. The molecule has 118 valence electrons. The molecule has 0 aromatic heterocycles. The molecule has 1 aliphatic heterocycles. The Morgan fingerprint density at radius 2 is 1.78 bits per heavy atom. The van der Waals surface area contributed by atoms with Crippen molar-refractivity contribution in [3.8, 4) is 5.75 Å². The number of amides is 1. The number of phenolic OH excluding ortho intramolecular Hbond substituents is 1. The van der Waals surface area contributed by atoms with Gasteiger partial charge in [-0.15, -0.1) is 0 Å². The highest BCUT2D eigenvalue weighted by Gasteiger charge is 2.45. The molecule has 1 atom stereocenters. The summed E-state index contributed by atoms with van der Waals surface area (Å²) in [5, 5.41) is 26.2. The van der Waals surface area contributed by atoms with E-state index in [4.69, 9.17) is 11.6 Å². The summed E-state index contributed by atoms with van der Waals surface area (Å²) in [7, 11) is 0. The molecule has 0 spiro atoms. The highest BCUT2D eigenvalue weighted by Crippen LogP contribution is 2.36. The molecule has 0 unspecified atom stereocenters. The predicted octanol–water partition coefficient (Wildman–Crippen LogP) is 3.11. The van der Waals surface area contributed by atoms with E-state index in [1.165, 1.54) is 24.3 Å². The number of benzene rings is 2. The number of carbonyl (C=O) groups excluding carboxylic acids is 1. The van der Waals surface area contributed by atoms with E-state index in [1.54, 1.807) is 31.2 Å². The number of halogens is 1. The summed E-state index contributed by atoms with van der Waals surface area (Å²) >= 11 is 5.89. The number of rotatable bonds is 2. The highest BCUT2D eigenvalue weighted by molar-refractivity contribution is 6.30. The van der Waals surface area contributed by atoms with Gasteiger partial charge in [0.2, 0.25) is 0 Å². The maximum absolute atomic E-state index is 12.7. The van der Waals surface area contributed by atoms with Gasteiger partial charge in [-0.3, -0.25) is 4.79 Å². The van der Waals surface area contributed by atoms with Gasteiger partial charge in [0.1, 0.15) is 5.75 Å². The number of hydrazone groups is 1. The third kappa shape index (κ3) is 2.81. The van der Waals surface area contributed by atoms with Gasteiger partial charge in [-0.2, -0.15) is 10.1 Å². The Labute approximate surface area is 138 Å². The zero-order chi connectivity index (χ0) is 16.6. The Bertz CT molecular complexity index is 771. The summed E-state index contributed by atoms with van der Waals surface area (Å²) < 4.78 is 0. The average molecular weight is 331 g/mol. The first-order valence-electron chi connectivity index (χ1n) is 7.06. The van der Waals surface area contributed by atoms with Gasteiger partial charge in [0.15, 0.2) is 5.72 Å². The molecule has 0 saturated carbocycles. The third-order valence-corrected chi connectivity index (χ3v) is 3.99. The molecule has 0 aliphatic carbocycles. The maximum atomic E-state index is 12.7. The normalized spacial score (nSPS) is 20.5. The Morgan fingerprint density at radius 3 is 2.39 bits per heavy atom. The van der Waals surface area contributed by atoms with Crippen LogP contribution in [0.2, 0.25) is 5.02 Å². The van der Waals surface area contributed by atoms with Gasteiger partial charge in [-0.05, 0) is 43.3 Å². The van der Waals surface area contributed by atoms with Crippen LogP contribution in [0.5, 0.6) is 5.75 Å². The molecule has 6 heteroatoms. The molecule has 0 radical (unpaired) electrons. The minimum Gasteiger partial charge on any atom is -0.508 e. The van der Waals surface area contributed by atoms with Crippen LogP contribution in [0.3, 0.4) is 0 Å². The summed E-state index contributed by atoms with van der Waals surface area (Å²) in [5.74, 6) is -0.380. The van der Waals surface area contributed by atoms with Crippen LogP contribution in [-0.4, -0.2) is 26.8 Å². The smallest absolute Gasteiger partial charge is 0.276 e. The Morgan fingerprint density at radius 1 is 1.17 bits per heavy atom. The van der Waals surface area contributed by atoms with E-state index in [-0.39, 0.29) is 12.2 Å². The standard InChI is InChI=1S/C17H15ClN2O3/c1-11-10-17(23,13-4-6-14(18)7-5-13)20(19-11)16(22)12-2-8-15(21)9-3-12/h2-9,21,23H,10H2,1H3/t17-/m0/s1. The van der Waals surface area contributed by atoms with Gasteiger partial charge < -0.3 is 10.2 Å². The van der Waals surface area contributed by atoms with Crippen LogP contribution in [0.25, 0.3) is 0 Å². The van der Waals surface area contributed by atoms with Crippen molar-refractivity contribution in [2.45, 2.75) is 19.1 Å². The van der Waals surface area contributed by atoms with E-state index in [1.807, 2.05) is 0 Å². The monoisotopic (exact) mass is 330 g/mol. The Balaban J connectivity index is 1.99. The van der Waals surface area contributed by atoms with Gasteiger partial charge in [0, 0.05) is 28.3 Å². The molecule has 5 nitrogen and oxygen atoms in total. The van der Waals surface area contributed by atoms with Crippen LogP contribution in [0.15, 0.2) is 53.6 Å². The molecule has 3 rings (SSSR count). The SMILES string of the molecule is CC1=NN(C(=O)c2ccc(O)cc2)[C@@](O)(c2ccc(Cl)cc2)C1. The van der Waals surface area contributed by atoms with E-state index in [2.05, 4.69) is 5.10 Å². The second kappa shape index (κ2) is 5.68. The highest BCUT2D eigenvalue weighted by atomic mass is 35.5. The largest absolute Gasteiger partial charge is 0.508 e. The zero-order valence-corrected chi connectivity index (χ0v) is 13.2. The van der Waals surface area contributed by atoms with Crippen LogP contribution < -0.4 is 0 Å². The molecular weight excluding hydrogens is 316 g/mol. The van der Waals surface area contributed by atoms with Crippen LogP contribution >= 0.6 is 11.6 Å². The van der Waals surface area contributed by atoms with Crippen molar-refractivity contribution in [1.29, 1.82) is 0 Å². The lowest BCUT2D eigenvalue weighted by molar-refractivity contribution is -0.0765. The fourth-order valence-electron chi connectivity index (χ4n) is 2.60. The summed E-state index contributed by atoms with van der Waals surface area (Å²) in [4.78, 5) is 12.7. The quantitative estimate of drug-likeness (QED) is 0.888. The summed E-state index contributed by atoms with van der Waals surface area (Å²) in [6.07, 6.45) is 0.221. The van der Waals surface area contributed by atoms with Crippen LogP contribution in [0.4, 0.5) is 0 Å². The summed E-state index contributed by atoms with van der Waals surface area (Å²) in [6, 6.07) is 12.5. The van der Waals surface area contributed by atoms with Crippen molar-refractivity contribution in [3.05, 3.63) is 64.7 Å². The number of carbonyl (C=O) groups is 1. The first-order chi connectivity index (χ1) is 10.9. The van der Waals surface area contributed by atoms with Crippen molar-refractivity contribution in [3.63, 3.8) is 0 Å². The minimum atomic E-state index is -1.55. The molecule has 1 amide bonds. The lowest BCUT2D eigenvalue weighted by Crippen LogP contribution is -2.43. The first kappa shape index (κ1) is 15.5. The molecule has 0 fully saturated rings. The Kier molecular flexibility index (Phi) is 3.83. The number of aliphatic hydroxyl groups is 1. The molecule has 1 aliphatic rings. The Hall–Kier alpha value is -2.37. The van der Waals surface area contributed by atoms with Crippen molar-refractivity contribution < 1.29 is 15.0 Å². The lowest BCUT2D eigenvalue weighted by atomic mass is 9.97. The number of hydrogen-bond acceptors (Lipinski definition) is 4. The second-order valence-electron chi connectivity index (χ2n) is 5.50. The fraction of sp³-hybridized carbons (Fsp3) is 0.176. The fourth-order valence-corrected chi connectivity index (χ4v) is 2.73. The lowest BCUT2D eigenvalue weighted by Gasteiger charge is -2.31. The summed E-state index contributed by atoms with van der Waals surface area (Å²) in [6.45, 7) is 1.75. The molecule has 0 saturated heterocycles. The van der Waals surface area contributed by atoms with Crippen LogP contribution in [0, 0.1) is 0 Å². The zero-order valence-electron chi connectivity index (χ0n) is 12.4. The first-order valence-corrected chi connectivity index (χ1v) is 7.44. The van der Waals surface area contributed by atoms with Gasteiger partial charge in [0.05, 0.1) is 0 Å². The van der Waals surface area contributed by atoms with E-state index in [0.717, 1.165) is 5.01 Å². The van der Waals surface area contributed by atoms with E-state index >= 15 is 0 Å². The topological polar surface area (TPSA) is 73.1 Å². The molecular formula is C17H15ClN2O3. The van der Waals surface area contributed by atoms with Gasteiger partial charge in [-0.1, -0.05) is 23.7 Å². The van der Waals surface area contributed by atoms with Gasteiger partial charge in [0.25, 0.3) is 5.91 Å². The number of nitrogens with zero attached hydrogens (tertiary/aromatic N) is 2.